The maximum absolute atomic E-state index is 12.8. The average Bonchev–Trinajstić information content (AvgIpc) is 2.62. The first-order chi connectivity index (χ1) is 8.86. The van der Waals surface area contributed by atoms with Gasteiger partial charge in [0, 0.05) is 0 Å². The SMILES string of the molecule is CCCOc1ccc(C(F)(F)F)c2c1NC(=O)C2=O. The van der Waals surface area contributed by atoms with Gasteiger partial charge >= 0.3 is 6.18 Å². The van der Waals surface area contributed by atoms with Crippen LogP contribution < -0.4 is 10.1 Å². The summed E-state index contributed by atoms with van der Waals surface area (Å²) in [6.07, 6.45) is -4.05. The van der Waals surface area contributed by atoms with E-state index in [4.69, 9.17) is 4.74 Å². The Kier molecular flexibility index (Phi) is 3.21. The average molecular weight is 273 g/mol. The monoisotopic (exact) mass is 273 g/mol. The summed E-state index contributed by atoms with van der Waals surface area (Å²) < 4.78 is 43.6. The first-order valence-electron chi connectivity index (χ1n) is 5.59. The third-order valence-corrected chi connectivity index (χ3v) is 2.61. The molecule has 0 atom stereocenters. The van der Waals surface area contributed by atoms with E-state index in [0.717, 1.165) is 12.1 Å². The van der Waals surface area contributed by atoms with Gasteiger partial charge in [0.2, 0.25) is 0 Å². The second-order valence-corrected chi connectivity index (χ2v) is 3.99. The van der Waals surface area contributed by atoms with E-state index in [2.05, 4.69) is 5.32 Å². The van der Waals surface area contributed by atoms with Crippen LogP contribution in [0.4, 0.5) is 18.9 Å². The molecule has 0 saturated heterocycles. The maximum atomic E-state index is 12.8. The predicted molar refractivity (Wildman–Crippen MR) is 60.2 cm³/mol. The first kappa shape index (κ1) is 13.4. The fourth-order valence-electron chi connectivity index (χ4n) is 1.80. The molecule has 0 spiro atoms. The number of hydrogen-bond acceptors (Lipinski definition) is 3. The van der Waals surface area contributed by atoms with Gasteiger partial charge in [0.15, 0.2) is 0 Å². The molecular weight excluding hydrogens is 263 g/mol. The summed E-state index contributed by atoms with van der Waals surface area (Å²) in [6, 6.07) is 1.86. The van der Waals surface area contributed by atoms with Crippen molar-refractivity contribution in [3.8, 4) is 5.75 Å². The van der Waals surface area contributed by atoms with Crippen molar-refractivity contribution in [3.05, 3.63) is 23.3 Å². The lowest BCUT2D eigenvalue weighted by molar-refractivity contribution is -0.137. The summed E-state index contributed by atoms with van der Waals surface area (Å²) in [7, 11) is 0. The van der Waals surface area contributed by atoms with Gasteiger partial charge in [0.25, 0.3) is 11.7 Å². The molecule has 1 amide bonds. The molecule has 0 saturated carbocycles. The Morgan fingerprint density at radius 3 is 2.53 bits per heavy atom. The number of Topliss-reactive ketones (excluding diaryl/α,β-unsaturated/α-hetero) is 1. The Balaban J connectivity index is 2.57. The van der Waals surface area contributed by atoms with Crippen LogP contribution in [0.25, 0.3) is 0 Å². The number of rotatable bonds is 3. The fraction of sp³-hybridized carbons (Fsp3) is 0.333. The van der Waals surface area contributed by atoms with Gasteiger partial charge < -0.3 is 10.1 Å². The molecule has 0 aromatic heterocycles. The zero-order valence-electron chi connectivity index (χ0n) is 9.93. The van der Waals surface area contributed by atoms with Crippen LogP contribution in [0.5, 0.6) is 5.75 Å². The largest absolute Gasteiger partial charge is 0.491 e. The molecule has 102 valence electrons. The molecule has 19 heavy (non-hydrogen) atoms. The second-order valence-electron chi connectivity index (χ2n) is 3.99. The first-order valence-corrected chi connectivity index (χ1v) is 5.59. The molecule has 1 aliphatic heterocycles. The summed E-state index contributed by atoms with van der Waals surface area (Å²) in [6.45, 7) is 2.11. The number of fused-ring (bicyclic) bond motifs is 1. The molecule has 0 bridgehead atoms. The summed E-state index contributed by atoms with van der Waals surface area (Å²) in [4.78, 5) is 22.8. The number of ether oxygens (including phenoxy) is 1. The number of anilines is 1. The van der Waals surface area contributed by atoms with Gasteiger partial charge in [-0.1, -0.05) is 6.92 Å². The summed E-state index contributed by atoms with van der Waals surface area (Å²) in [5, 5.41) is 2.12. The summed E-state index contributed by atoms with van der Waals surface area (Å²) in [5.41, 5.74) is -1.99. The number of hydrogen-bond donors (Lipinski definition) is 1. The molecule has 0 fully saturated rings. The summed E-state index contributed by atoms with van der Waals surface area (Å²) in [5.74, 6) is -2.19. The van der Waals surface area contributed by atoms with Crippen molar-refractivity contribution >= 4 is 17.4 Å². The van der Waals surface area contributed by atoms with Crippen molar-refractivity contribution in [1.82, 2.24) is 0 Å². The highest BCUT2D eigenvalue weighted by atomic mass is 19.4. The van der Waals surface area contributed by atoms with Gasteiger partial charge in [0.05, 0.1) is 23.4 Å². The van der Waals surface area contributed by atoms with Crippen LogP contribution in [0.15, 0.2) is 12.1 Å². The molecule has 7 heteroatoms. The maximum Gasteiger partial charge on any atom is 0.417 e. The van der Waals surface area contributed by atoms with Crippen molar-refractivity contribution in [3.63, 3.8) is 0 Å². The number of alkyl halides is 3. The normalized spacial score (nSPS) is 14.3. The smallest absolute Gasteiger partial charge is 0.417 e. The van der Waals surface area contributed by atoms with Gasteiger partial charge in [-0.15, -0.1) is 0 Å². The van der Waals surface area contributed by atoms with Crippen LogP contribution in [-0.2, 0) is 11.0 Å². The van der Waals surface area contributed by atoms with Gasteiger partial charge in [0.1, 0.15) is 5.75 Å². The van der Waals surface area contributed by atoms with Gasteiger partial charge in [-0.05, 0) is 18.6 Å². The van der Waals surface area contributed by atoms with E-state index in [1.807, 2.05) is 6.92 Å². The second kappa shape index (κ2) is 4.56. The van der Waals surface area contributed by atoms with E-state index in [1.165, 1.54) is 0 Å². The van der Waals surface area contributed by atoms with Gasteiger partial charge in [-0.3, -0.25) is 9.59 Å². The Hall–Kier alpha value is -2.05. The molecule has 2 rings (SSSR count). The minimum atomic E-state index is -4.70. The number of carbonyl (C=O) groups is 2. The van der Waals surface area contributed by atoms with Crippen molar-refractivity contribution in [2.75, 3.05) is 11.9 Å². The summed E-state index contributed by atoms with van der Waals surface area (Å²) >= 11 is 0. The molecular formula is C12H10F3NO3. The highest BCUT2D eigenvalue weighted by molar-refractivity contribution is 6.52. The molecule has 1 aromatic rings. The number of halogens is 3. The number of carbonyl (C=O) groups excluding carboxylic acids is 2. The number of nitrogens with one attached hydrogen (secondary N) is 1. The van der Waals surface area contributed by atoms with E-state index in [1.54, 1.807) is 0 Å². The minimum absolute atomic E-state index is 0.0732. The minimum Gasteiger partial charge on any atom is -0.491 e. The van der Waals surface area contributed by atoms with Crippen molar-refractivity contribution in [1.29, 1.82) is 0 Å². The quantitative estimate of drug-likeness (QED) is 0.861. The lowest BCUT2D eigenvalue weighted by Crippen LogP contribution is -2.15. The molecule has 1 aromatic carbocycles. The predicted octanol–water partition coefficient (Wildman–Crippen LogP) is 2.63. The molecule has 1 N–H and O–H groups in total. The Bertz CT molecular complexity index is 552. The molecule has 0 aliphatic carbocycles. The Morgan fingerprint density at radius 1 is 1.26 bits per heavy atom. The number of benzene rings is 1. The van der Waals surface area contributed by atoms with Crippen LogP contribution >= 0.6 is 0 Å². The fourth-order valence-corrected chi connectivity index (χ4v) is 1.80. The topological polar surface area (TPSA) is 55.4 Å². The third kappa shape index (κ3) is 2.27. The Labute approximate surface area is 106 Å². The van der Waals surface area contributed by atoms with Crippen LogP contribution in [-0.4, -0.2) is 18.3 Å². The number of amides is 1. The Morgan fingerprint density at radius 2 is 1.95 bits per heavy atom. The molecule has 0 unspecified atom stereocenters. The molecule has 1 aliphatic rings. The molecule has 0 radical (unpaired) electrons. The van der Waals surface area contributed by atoms with E-state index in [9.17, 15) is 22.8 Å². The zero-order chi connectivity index (χ0) is 14.2. The molecule has 4 nitrogen and oxygen atoms in total. The lowest BCUT2D eigenvalue weighted by atomic mass is 10.0. The van der Waals surface area contributed by atoms with Gasteiger partial charge in [-0.25, -0.2) is 0 Å². The third-order valence-electron chi connectivity index (χ3n) is 2.61. The lowest BCUT2D eigenvalue weighted by Gasteiger charge is -2.13. The highest BCUT2D eigenvalue weighted by Crippen LogP contribution is 2.42. The van der Waals surface area contributed by atoms with Crippen molar-refractivity contribution in [2.45, 2.75) is 19.5 Å². The van der Waals surface area contributed by atoms with Crippen LogP contribution in [0, 0.1) is 0 Å². The van der Waals surface area contributed by atoms with Gasteiger partial charge in [-0.2, -0.15) is 13.2 Å². The molecule has 1 heterocycles. The van der Waals surface area contributed by atoms with E-state index in [0.29, 0.717) is 6.42 Å². The van der Waals surface area contributed by atoms with E-state index < -0.39 is 29.0 Å². The standard InChI is InChI=1S/C12H10F3NO3/c1-2-5-19-7-4-3-6(12(13,14)15)8-9(7)16-11(18)10(8)17/h3-4H,2,5H2,1H3,(H,16,17,18). The van der Waals surface area contributed by atoms with Crippen molar-refractivity contribution in [2.24, 2.45) is 0 Å². The van der Waals surface area contributed by atoms with E-state index >= 15 is 0 Å². The van der Waals surface area contributed by atoms with Crippen molar-refractivity contribution < 1.29 is 27.5 Å². The van der Waals surface area contributed by atoms with Crippen LogP contribution in [0.1, 0.15) is 29.3 Å². The number of ketones is 1. The van der Waals surface area contributed by atoms with Crippen LogP contribution in [0.3, 0.4) is 0 Å². The van der Waals surface area contributed by atoms with E-state index in [-0.39, 0.29) is 18.0 Å². The highest BCUT2D eigenvalue weighted by Gasteiger charge is 2.42. The zero-order valence-corrected chi connectivity index (χ0v) is 9.93. The van der Waals surface area contributed by atoms with Crippen LogP contribution in [0.2, 0.25) is 0 Å².